The van der Waals surface area contributed by atoms with E-state index in [-0.39, 0.29) is 12.5 Å². The molecule has 0 bridgehead atoms. The molecule has 0 aromatic carbocycles. The molecule has 3 N–H and O–H groups in total. The number of nitrogens with one attached hydrogen (secondary N) is 1. The van der Waals surface area contributed by atoms with Crippen molar-refractivity contribution in [2.45, 2.75) is 25.4 Å². The van der Waals surface area contributed by atoms with Crippen LogP contribution in [-0.4, -0.2) is 38.6 Å². The van der Waals surface area contributed by atoms with Gasteiger partial charge in [0.2, 0.25) is 0 Å². The number of hydrogen-bond donors (Lipinski definition) is 3. The number of H-pyrrole nitrogens is 1. The standard InChI is InChI=1S/C10H14N2O5/c1-5-6(4-13)17-9(8(5)15)12-3-2-7(14)11-10(12)16/h2-3,5-6,8-9,13,15H,4H2,1H3,(H,11,14,16)/t5?,6-,8?,9-/m1/s1. The Kier molecular flexibility index (Phi) is 3.14. The van der Waals surface area contributed by atoms with Gasteiger partial charge in [0.05, 0.1) is 12.7 Å². The van der Waals surface area contributed by atoms with Crippen LogP contribution >= 0.6 is 0 Å². The van der Waals surface area contributed by atoms with Gasteiger partial charge in [-0.3, -0.25) is 14.3 Å². The SMILES string of the molecule is CC1C(O)[C@H](n2ccc(=O)[nH]c2=O)O[C@@H]1CO. The summed E-state index contributed by atoms with van der Waals surface area (Å²) in [6.45, 7) is 1.50. The summed E-state index contributed by atoms with van der Waals surface area (Å²) in [5.74, 6) is -0.288. The zero-order chi connectivity index (χ0) is 12.6. The average Bonchev–Trinajstić information content (AvgIpc) is 2.57. The Hall–Kier alpha value is -1.44. The highest BCUT2D eigenvalue weighted by Crippen LogP contribution is 2.32. The van der Waals surface area contributed by atoms with Crippen LogP contribution in [0.4, 0.5) is 0 Å². The highest BCUT2D eigenvalue weighted by molar-refractivity contribution is 4.91. The highest BCUT2D eigenvalue weighted by atomic mass is 16.5. The first-order valence-electron chi connectivity index (χ1n) is 5.30. The molecule has 0 amide bonds. The summed E-state index contributed by atoms with van der Waals surface area (Å²) in [4.78, 5) is 24.5. The van der Waals surface area contributed by atoms with E-state index >= 15 is 0 Å². The smallest absolute Gasteiger partial charge is 0.330 e. The minimum Gasteiger partial charge on any atom is -0.394 e. The Labute approximate surface area is 96.3 Å². The van der Waals surface area contributed by atoms with E-state index in [0.717, 1.165) is 4.57 Å². The number of aromatic nitrogens is 2. The Morgan fingerprint density at radius 1 is 1.53 bits per heavy atom. The van der Waals surface area contributed by atoms with Crippen LogP contribution in [-0.2, 0) is 4.74 Å². The molecule has 1 aliphatic rings. The highest BCUT2D eigenvalue weighted by Gasteiger charge is 2.41. The summed E-state index contributed by atoms with van der Waals surface area (Å²) in [6.07, 6.45) is -1.04. The number of nitrogens with zero attached hydrogens (tertiary/aromatic N) is 1. The van der Waals surface area contributed by atoms with Crippen molar-refractivity contribution in [3.63, 3.8) is 0 Å². The predicted molar refractivity (Wildman–Crippen MR) is 57.5 cm³/mol. The lowest BCUT2D eigenvalue weighted by molar-refractivity contribution is -0.0534. The van der Waals surface area contributed by atoms with Gasteiger partial charge in [-0.15, -0.1) is 0 Å². The minimum absolute atomic E-state index is 0.229. The largest absolute Gasteiger partial charge is 0.394 e. The number of hydrogen-bond acceptors (Lipinski definition) is 5. The lowest BCUT2D eigenvalue weighted by atomic mass is 10.0. The summed E-state index contributed by atoms with van der Waals surface area (Å²) < 4.78 is 6.49. The third kappa shape index (κ3) is 2.04. The van der Waals surface area contributed by atoms with Crippen molar-refractivity contribution in [3.05, 3.63) is 33.1 Å². The van der Waals surface area contributed by atoms with Gasteiger partial charge >= 0.3 is 5.69 Å². The van der Waals surface area contributed by atoms with Gasteiger partial charge in [0.1, 0.15) is 6.10 Å². The van der Waals surface area contributed by atoms with Crippen LogP contribution in [0.5, 0.6) is 0 Å². The monoisotopic (exact) mass is 242 g/mol. The average molecular weight is 242 g/mol. The van der Waals surface area contributed by atoms with Crippen LogP contribution in [0.3, 0.4) is 0 Å². The maximum absolute atomic E-state index is 11.5. The molecule has 2 unspecified atom stereocenters. The molecule has 0 saturated carbocycles. The number of aliphatic hydroxyl groups excluding tert-OH is 2. The Morgan fingerprint density at radius 3 is 2.76 bits per heavy atom. The second-order valence-electron chi connectivity index (χ2n) is 4.11. The second kappa shape index (κ2) is 4.44. The van der Waals surface area contributed by atoms with Gasteiger partial charge in [0.15, 0.2) is 6.23 Å². The molecule has 1 aromatic heterocycles. The number of aliphatic hydroxyl groups is 2. The van der Waals surface area contributed by atoms with Crippen LogP contribution in [0, 0.1) is 5.92 Å². The zero-order valence-electron chi connectivity index (χ0n) is 9.24. The van der Waals surface area contributed by atoms with Crippen molar-refractivity contribution in [1.29, 1.82) is 0 Å². The van der Waals surface area contributed by atoms with Gasteiger partial charge in [-0.2, -0.15) is 0 Å². The Morgan fingerprint density at radius 2 is 2.24 bits per heavy atom. The summed E-state index contributed by atoms with van der Waals surface area (Å²) in [5.41, 5.74) is -1.15. The molecule has 7 heteroatoms. The number of aromatic amines is 1. The van der Waals surface area contributed by atoms with Crippen molar-refractivity contribution in [3.8, 4) is 0 Å². The van der Waals surface area contributed by atoms with E-state index < -0.39 is 29.7 Å². The molecule has 2 rings (SSSR count). The van der Waals surface area contributed by atoms with Crippen molar-refractivity contribution in [1.82, 2.24) is 9.55 Å². The summed E-state index contributed by atoms with van der Waals surface area (Å²) in [6, 6.07) is 1.18. The summed E-state index contributed by atoms with van der Waals surface area (Å²) >= 11 is 0. The topological polar surface area (TPSA) is 105 Å². The number of rotatable bonds is 2. The van der Waals surface area contributed by atoms with E-state index in [9.17, 15) is 14.7 Å². The van der Waals surface area contributed by atoms with Crippen molar-refractivity contribution in [2.24, 2.45) is 5.92 Å². The molecule has 1 aliphatic heterocycles. The fourth-order valence-electron chi connectivity index (χ4n) is 1.93. The third-order valence-corrected chi connectivity index (χ3v) is 3.04. The zero-order valence-corrected chi connectivity index (χ0v) is 9.24. The molecule has 1 fully saturated rings. The van der Waals surface area contributed by atoms with Gasteiger partial charge < -0.3 is 14.9 Å². The first kappa shape index (κ1) is 12.0. The Bertz CT molecular complexity index is 508. The van der Waals surface area contributed by atoms with E-state index in [1.54, 1.807) is 6.92 Å². The van der Waals surface area contributed by atoms with Crippen molar-refractivity contribution >= 4 is 0 Å². The Balaban J connectivity index is 2.35. The van der Waals surface area contributed by atoms with Crippen molar-refractivity contribution in [2.75, 3.05) is 6.61 Å². The number of ether oxygens (including phenoxy) is 1. The first-order chi connectivity index (χ1) is 8.04. The van der Waals surface area contributed by atoms with Gasteiger partial charge in [0.25, 0.3) is 5.56 Å². The molecule has 0 aliphatic carbocycles. The fourth-order valence-corrected chi connectivity index (χ4v) is 1.93. The molecule has 0 radical (unpaired) electrons. The first-order valence-corrected chi connectivity index (χ1v) is 5.30. The lowest BCUT2D eigenvalue weighted by Crippen LogP contribution is -2.35. The van der Waals surface area contributed by atoms with E-state index in [2.05, 4.69) is 4.98 Å². The van der Waals surface area contributed by atoms with Crippen molar-refractivity contribution < 1.29 is 14.9 Å². The van der Waals surface area contributed by atoms with Gasteiger partial charge in [-0.25, -0.2) is 4.79 Å². The molecule has 1 saturated heterocycles. The lowest BCUT2D eigenvalue weighted by Gasteiger charge is -2.17. The quantitative estimate of drug-likeness (QED) is 0.580. The van der Waals surface area contributed by atoms with Crippen LogP contribution < -0.4 is 11.2 Å². The summed E-state index contributed by atoms with van der Waals surface area (Å²) in [5, 5.41) is 19.0. The molecule has 4 atom stereocenters. The van der Waals surface area contributed by atoms with Crippen LogP contribution in [0.25, 0.3) is 0 Å². The second-order valence-corrected chi connectivity index (χ2v) is 4.11. The van der Waals surface area contributed by atoms with E-state index in [0.29, 0.717) is 0 Å². The van der Waals surface area contributed by atoms with Crippen LogP contribution in [0.2, 0.25) is 0 Å². The fraction of sp³-hybridized carbons (Fsp3) is 0.600. The van der Waals surface area contributed by atoms with Gasteiger partial charge in [-0.1, -0.05) is 6.92 Å². The molecular weight excluding hydrogens is 228 g/mol. The molecule has 94 valence electrons. The van der Waals surface area contributed by atoms with Gasteiger partial charge in [-0.05, 0) is 0 Å². The van der Waals surface area contributed by atoms with Gasteiger partial charge in [0, 0.05) is 18.2 Å². The normalized spacial score (nSPS) is 32.9. The maximum atomic E-state index is 11.5. The molecule has 7 nitrogen and oxygen atoms in total. The predicted octanol–water partition coefficient (Wildman–Crippen LogP) is -1.58. The summed E-state index contributed by atoms with van der Waals surface area (Å²) in [7, 11) is 0. The van der Waals surface area contributed by atoms with E-state index in [1.807, 2.05) is 0 Å². The van der Waals surface area contributed by atoms with Crippen LogP contribution in [0.1, 0.15) is 13.2 Å². The molecule has 1 aromatic rings. The minimum atomic E-state index is -0.907. The van der Waals surface area contributed by atoms with Crippen LogP contribution in [0.15, 0.2) is 21.9 Å². The third-order valence-electron chi connectivity index (χ3n) is 3.04. The van der Waals surface area contributed by atoms with E-state index in [1.165, 1.54) is 12.3 Å². The van der Waals surface area contributed by atoms with E-state index in [4.69, 9.17) is 9.84 Å². The maximum Gasteiger partial charge on any atom is 0.330 e. The molecule has 2 heterocycles. The molecular formula is C10H14N2O5. The molecule has 17 heavy (non-hydrogen) atoms. The molecule has 0 spiro atoms.